The first-order chi connectivity index (χ1) is 12.8. The largest absolute Gasteiger partial charge is 0.468 e. The Morgan fingerprint density at radius 2 is 1.69 bits per heavy atom. The first kappa shape index (κ1) is 17.3. The Hall–Kier alpha value is -2.11. The Morgan fingerprint density at radius 3 is 2.27 bits per heavy atom. The van der Waals surface area contributed by atoms with Crippen LogP contribution in [0.3, 0.4) is 0 Å². The summed E-state index contributed by atoms with van der Waals surface area (Å²) in [5, 5.41) is -0.121. The Morgan fingerprint density at radius 1 is 1.04 bits per heavy atom. The third-order valence-electron chi connectivity index (χ3n) is 4.31. The average molecular weight is 382 g/mol. The molecule has 2 aromatic carbocycles. The van der Waals surface area contributed by atoms with Crippen molar-refractivity contribution in [3.05, 3.63) is 72.7 Å². The molecule has 0 spiro atoms. The molecule has 0 saturated carbocycles. The molecule has 1 unspecified atom stereocenters. The zero-order valence-electron chi connectivity index (χ0n) is 14.4. The van der Waals surface area contributed by atoms with Gasteiger partial charge in [-0.2, -0.15) is 0 Å². The van der Waals surface area contributed by atoms with Gasteiger partial charge in [-0.15, -0.1) is 11.8 Å². The number of furan rings is 1. The van der Waals surface area contributed by atoms with Gasteiger partial charge >= 0.3 is 0 Å². The molecule has 0 aliphatic carbocycles. The summed E-state index contributed by atoms with van der Waals surface area (Å²) in [5.74, 6) is 1.73. The third-order valence-corrected chi connectivity index (χ3v) is 6.82. The summed E-state index contributed by atoms with van der Waals surface area (Å²) in [6.45, 7) is 2.06. The standard InChI is InChI=1S/C21H19NO2S2/c1-2-18(25-14-15-8-7-13-24-15)21(23)22-16-9-3-5-11-19(16)26-20-12-6-4-10-17(20)22/h3-13,18H,2,14H2,1H3. The molecular formula is C21H19NO2S2. The molecule has 0 radical (unpaired) electrons. The van der Waals surface area contributed by atoms with Crippen LogP contribution in [0, 0.1) is 0 Å². The zero-order chi connectivity index (χ0) is 17.9. The van der Waals surface area contributed by atoms with E-state index in [1.54, 1.807) is 29.8 Å². The maximum Gasteiger partial charge on any atom is 0.244 e. The molecule has 0 N–H and O–H groups in total. The number of fused-ring (bicyclic) bond motifs is 2. The number of amides is 1. The zero-order valence-corrected chi connectivity index (χ0v) is 16.1. The SMILES string of the molecule is CCC(SCc1ccco1)C(=O)N1c2ccccc2Sc2ccccc21. The molecule has 3 aromatic rings. The van der Waals surface area contributed by atoms with E-state index in [4.69, 9.17) is 4.42 Å². The second-order valence-electron chi connectivity index (χ2n) is 6.00. The van der Waals surface area contributed by atoms with E-state index in [-0.39, 0.29) is 11.2 Å². The summed E-state index contributed by atoms with van der Waals surface area (Å²) >= 11 is 3.36. The van der Waals surface area contributed by atoms with Crippen LogP contribution >= 0.6 is 23.5 Å². The molecule has 1 aliphatic heterocycles. The Balaban J connectivity index is 1.66. The van der Waals surface area contributed by atoms with E-state index in [0.29, 0.717) is 5.75 Å². The number of para-hydroxylation sites is 2. The normalized spacial score (nSPS) is 13.8. The summed E-state index contributed by atoms with van der Waals surface area (Å²) in [5.41, 5.74) is 1.94. The highest BCUT2D eigenvalue weighted by Gasteiger charge is 2.32. The molecule has 1 aromatic heterocycles. The van der Waals surface area contributed by atoms with Crippen LogP contribution in [0.5, 0.6) is 0 Å². The number of thioether (sulfide) groups is 1. The topological polar surface area (TPSA) is 33.5 Å². The summed E-state index contributed by atoms with van der Waals surface area (Å²) in [4.78, 5) is 17.6. The number of rotatable bonds is 5. The van der Waals surface area contributed by atoms with E-state index in [2.05, 4.69) is 19.1 Å². The van der Waals surface area contributed by atoms with E-state index in [1.807, 2.05) is 53.4 Å². The van der Waals surface area contributed by atoms with Gasteiger partial charge in [0.1, 0.15) is 5.76 Å². The lowest BCUT2D eigenvalue weighted by molar-refractivity contribution is -0.117. The highest BCUT2D eigenvalue weighted by atomic mass is 32.2. The fraction of sp³-hybridized carbons (Fsp3) is 0.190. The molecular weight excluding hydrogens is 362 g/mol. The minimum absolute atomic E-state index is 0.121. The van der Waals surface area contributed by atoms with Crippen molar-refractivity contribution in [2.75, 3.05) is 4.90 Å². The van der Waals surface area contributed by atoms with Crippen LogP contribution in [-0.2, 0) is 10.5 Å². The Labute approximate surface area is 161 Å². The molecule has 0 saturated heterocycles. The van der Waals surface area contributed by atoms with E-state index < -0.39 is 0 Å². The average Bonchev–Trinajstić information content (AvgIpc) is 3.20. The fourth-order valence-electron chi connectivity index (χ4n) is 3.03. The number of benzene rings is 2. The highest BCUT2D eigenvalue weighted by Crippen LogP contribution is 2.48. The summed E-state index contributed by atoms with van der Waals surface area (Å²) in [6, 6.07) is 20.1. The molecule has 1 atom stereocenters. The van der Waals surface area contributed by atoms with Gasteiger partial charge in [-0.05, 0) is 42.8 Å². The lowest BCUT2D eigenvalue weighted by Crippen LogP contribution is -2.35. The quantitative estimate of drug-likeness (QED) is 0.533. The van der Waals surface area contributed by atoms with Crippen LogP contribution < -0.4 is 4.90 Å². The lowest BCUT2D eigenvalue weighted by atomic mass is 10.2. The van der Waals surface area contributed by atoms with Gasteiger partial charge in [0.25, 0.3) is 0 Å². The van der Waals surface area contributed by atoms with Crippen molar-refractivity contribution < 1.29 is 9.21 Å². The predicted octanol–water partition coefficient (Wildman–Crippen LogP) is 6.12. The minimum atomic E-state index is -0.121. The highest BCUT2D eigenvalue weighted by molar-refractivity contribution is 8.00. The third kappa shape index (κ3) is 3.29. The van der Waals surface area contributed by atoms with E-state index in [1.165, 1.54) is 0 Å². The minimum Gasteiger partial charge on any atom is -0.468 e. The van der Waals surface area contributed by atoms with Crippen molar-refractivity contribution >= 4 is 40.8 Å². The predicted molar refractivity (Wildman–Crippen MR) is 108 cm³/mol. The Bertz CT molecular complexity index is 862. The van der Waals surface area contributed by atoms with Crippen molar-refractivity contribution in [1.29, 1.82) is 0 Å². The van der Waals surface area contributed by atoms with Gasteiger partial charge in [0, 0.05) is 9.79 Å². The van der Waals surface area contributed by atoms with Crippen molar-refractivity contribution in [3.63, 3.8) is 0 Å². The number of carbonyl (C=O) groups is 1. The lowest BCUT2D eigenvalue weighted by Gasteiger charge is -2.33. The van der Waals surface area contributed by atoms with Crippen LogP contribution in [0.15, 0.2) is 81.1 Å². The van der Waals surface area contributed by atoms with Gasteiger partial charge in [0.2, 0.25) is 5.91 Å². The maximum absolute atomic E-state index is 13.5. The summed E-state index contributed by atoms with van der Waals surface area (Å²) < 4.78 is 5.42. The number of hydrogen-bond donors (Lipinski definition) is 0. The molecule has 1 amide bonds. The van der Waals surface area contributed by atoms with Gasteiger partial charge in [-0.3, -0.25) is 9.69 Å². The first-order valence-electron chi connectivity index (χ1n) is 8.62. The van der Waals surface area contributed by atoms with Crippen LogP contribution in [0.4, 0.5) is 11.4 Å². The van der Waals surface area contributed by atoms with Crippen molar-refractivity contribution in [3.8, 4) is 0 Å². The molecule has 2 heterocycles. The molecule has 26 heavy (non-hydrogen) atoms. The molecule has 132 valence electrons. The van der Waals surface area contributed by atoms with Crippen molar-refractivity contribution in [2.45, 2.75) is 34.1 Å². The summed E-state index contributed by atoms with van der Waals surface area (Å²) in [6.07, 6.45) is 2.45. The smallest absolute Gasteiger partial charge is 0.244 e. The molecule has 5 heteroatoms. The van der Waals surface area contributed by atoms with Crippen LogP contribution in [0.2, 0.25) is 0 Å². The van der Waals surface area contributed by atoms with Crippen LogP contribution in [0.1, 0.15) is 19.1 Å². The second kappa shape index (κ2) is 7.64. The number of hydrogen-bond acceptors (Lipinski definition) is 4. The van der Waals surface area contributed by atoms with Crippen molar-refractivity contribution in [1.82, 2.24) is 0 Å². The van der Waals surface area contributed by atoms with Gasteiger partial charge < -0.3 is 4.42 Å². The first-order valence-corrected chi connectivity index (χ1v) is 10.5. The van der Waals surface area contributed by atoms with E-state index >= 15 is 0 Å². The maximum atomic E-state index is 13.5. The van der Waals surface area contributed by atoms with Crippen LogP contribution in [0.25, 0.3) is 0 Å². The van der Waals surface area contributed by atoms with Gasteiger partial charge in [0.05, 0.1) is 28.6 Å². The number of anilines is 2. The van der Waals surface area contributed by atoms with Crippen LogP contribution in [-0.4, -0.2) is 11.2 Å². The molecule has 3 nitrogen and oxygen atoms in total. The number of nitrogens with zero attached hydrogens (tertiary/aromatic N) is 1. The monoisotopic (exact) mass is 381 g/mol. The molecule has 0 fully saturated rings. The van der Waals surface area contributed by atoms with Gasteiger partial charge in [-0.1, -0.05) is 43.0 Å². The van der Waals surface area contributed by atoms with Crippen molar-refractivity contribution in [2.24, 2.45) is 0 Å². The second-order valence-corrected chi connectivity index (χ2v) is 8.27. The fourth-order valence-corrected chi connectivity index (χ4v) is 5.10. The van der Waals surface area contributed by atoms with E-state index in [9.17, 15) is 4.79 Å². The van der Waals surface area contributed by atoms with Gasteiger partial charge in [0.15, 0.2) is 0 Å². The summed E-state index contributed by atoms with van der Waals surface area (Å²) in [7, 11) is 0. The molecule has 1 aliphatic rings. The Kier molecular flexibility index (Phi) is 5.09. The van der Waals surface area contributed by atoms with Gasteiger partial charge in [-0.25, -0.2) is 0 Å². The molecule has 0 bridgehead atoms. The number of carbonyl (C=O) groups excluding carboxylic acids is 1. The van der Waals surface area contributed by atoms with E-state index in [0.717, 1.165) is 33.3 Å². The molecule has 4 rings (SSSR count).